The quantitative estimate of drug-likeness (QED) is 0.580. The summed E-state index contributed by atoms with van der Waals surface area (Å²) in [6.45, 7) is 1.94. The molecule has 28 heavy (non-hydrogen) atoms. The van der Waals surface area contributed by atoms with Crippen LogP contribution in [0.15, 0.2) is 89.8 Å². The van der Waals surface area contributed by atoms with Crippen LogP contribution in [0.3, 0.4) is 0 Å². The third kappa shape index (κ3) is 4.90. The SMILES string of the molecule is BCN[C@@H](c1ccccc1)[C@@H](NS(=O)(=O)c1ccc(C)cc1)c1ccccc1. The molecular weight excluding hydrogens is 367 g/mol. The molecule has 2 atom stereocenters. The Morgan fingerprint density at radius 2 is 1.29 bits per heavy atom. The molecule has 3 rings (SSSR count). The van der Waals surface area contributed by atoms with E-state index in [0.717, 1.165) is 23.1 Å². The molecule has 0 saturated heterocycles. The van der Waals surface area contributed by atoms with Crippen molar-refractivity contribution in [2.24, 2.45) is 0 Å². The summed E-state index contributed by atoms with van der Waals surface area (Å²) in [6.07, 6.45) is 0.717. The molecule has 3 aromatic carbocycles. The van der Waals surface area contributed by atoms with Crippen LogP contribution in [-0.2, 0) is 10.0 Å². The van der Waals surface area contributed by atoms with E-state index in [4.69, 9.17) is 0 Å². The molecule has 0 fully saturated rings. The van der Waals surface area contributed by atoms with Gasteiger partial charge in [0.25, 0.3) is 0 Å². The lowest BCUT2D eigenvalue weighted by atomic mass is 9.93. The van der Waals surface area contributed by atoms with Crippen LogP contribution in [0, 0.1) is 6.92 Å². The van der Waals surface area contributed by atoms with Gasteiger partial charge in [-0.25, -0.2) is 13.1 Å². The summed E-state index contributed by atoms with van der Waals surface area (Å²) in [6, 6.07) is 25.9. The fraction of sp³-hybridized carbons (Fsp3) is 0.182. The second kappa shape index (κ2) is 9.19. The molecule has 0 heterocycles. The zero-order valence-corrected chi connectivity index (χ0v) is 17.0. The topological polar surface area (TPSA) is 58.2 Å². The number of benzene rings is 3. The monoisotopic (exact) mass is 392 g/mol. The van der Waals surface area contributed by atoms with Gasteiger partial charge < -0.3 is 5.32 Å². The summed E-state index contributed by atoms with van der Waals surface area (Å²) in [5.41, 5.74) is 2.96. The van der Waals surface area contributed by atoms with E-state index in [1.54, 1.807) is 12.1 Å². The molecule has 4 nitrogen and oxygen atoms in total. The Bertz CT molecular complexity index is 978. The van der Waals surface area contributed by atoms with Crippen LogP contribution >= 0.6 is 0 Å². The average Bonchev–Trinajstić information content (AvgIpc) is 2.72. The van der Waals surface area contributed by atoms with Gasteiger partial charge in [-0.15, -0.1) is 0 Å². The van der Waals surface area contributed by atoms with Crippen molar-refractivity contribution in [1.29, 1.82) is 0 Å². The van der Waals surface area contributed by atoms with Gasteiger partial charge in [0.05, 0.1) is 17.0 Å². The average molecular weight is 392 g/mol. The fourth-order valence-electron chi connectivity index (χ4n) is 3.25. The zero-order valence-electron chi connectivity index (χ0n) is 16.2. The number of hydrogen-bond acceptors (Lipinski definition) is 3. The van der Waals surface area contributed by atoms with Crippen molar-refractivity contribution in [3.05, 3.63) is 102 Å². The lowest BCUT2D eigenvalue weighted by molar-refractivity contribution is 0.445. The Labute approximate surface area is 168 Å². The molecular formula is C22H25BN2O2S. The first-order valence-electron chi connectivity index (χ1n) is 9.43. The number of sulfonamides is 1. The highest BCUT2D eigenvalue weighted by molar-refractivity contribution is 7.89. The van der Waals surface area contributed by atoms with Gasteiger partial charge >= 0.3 is 0 Å². The summed E-state index contributed by atoms with van der Waals surface area (Å²) in [5.74, 6) is 0. The predicted molar refractivity (Wildman–Crippen MR) is 116 cm³/mol. The molecule has 6 heteroatoms. The maximum atomic E-state index is 13.1. The highest BCUT2D eigenvalue weighted by atomic mass is 32.2. The molecule has 0 aliphatic rings. The Hall–Kier alpha value is -2.41. The van der Waals surface area contributed by atoms with Gasteiger partial charge in [0.15, 0.2) is 0 Å². The summed E-state index contributed by atoms with van der Waals surface area (Å²) in [7, 11) is -1.67. The van der Waals surface area contributed by atoms with Crippen LogP contribution in [0.25, 0.3) is 0 Å². The molecule has 0 spiro atoms. The molecule has 0 radical (unpaired) electrons. The van der Waals surface area contributed by atoms with E-state index in [1.807, 2.05) is 87.6 Å². The lowest BCUT2D eigenvalue weighted by Crippen LogP contribution is -2.39. The molecule has 144 valence electrons. The molecule has 0 amide bonds. The van der Waals surface area contributed by atoms with Crippen LogP contribution in [-0.4, -0.2) is 22.7 Å². The minimum atomic E-state index is -3.69. The first-order valence-corrected chi connectivity index (χ1v) is 10.9. The van der Waals surface area contributed by atoms with Gasteiger partial charge in [-0.05, 0) is 36.6 Å². The van der Waals surface area contributed by atoms with Gasteiger partial charge in [0, 0.05) is 0 Å². The van der Waals surface area contributed by atoms with Crippen molar-refractivity contribution in [3.63, 3.8) is 0 Å². The predicted octanol–water partition coefficient (Wildman–Crippen LogP) is 2.94. The van der Waals surface area contributed by atoms with E-state index in [9.17, 15) is 8.42 Å². The van der Waals surface area contributed by atoms with Gasteiger partial charge in [0.2, 0.25) is 10.0 Å². The lowest BCUT2D eigenvalue weighted by Gasteiger charge is -2.29. The standard InChI is InChI=1S/C22H25BN2O2S/c1-17-12-14-20(15-13-17)28(26,27)25-22(19-10-6-3-7-11-19)21(24-16-23)18-8-4-2-5-9-18/h2-15,21-22,24-25H,16,23H2,1H3/t21-,22-/m0/s1. The number of aryl methyl sites for hydroxylation is 1. The van der Waals surface area contributed by atoms with Gasteiger partial charge in [-0.3, -0.25) is 0 Å². The Morgan fingerprint density at radius 1 is 0.786 bits per heavy atom. The largest absolute Gasteiger partial charge is 0.316 e. The van der Waals surface area contributed by atoms with Gasteiger partial charge in [-0.1, -0.05) is 78.4 Å². The molecule has 0 bridgehead atoms. The van der Waals surface area contributed by atoms with E-state index < -0.39 is 16.1 Å². The Balaban J connectivity index is 2.03. The van der Waals surface area contributed by atoms with Crippen LogP contribution in [0.2, 0.25) is 0 Å². The molecule has 0 aliphatic carbocycles. The highest BCUT2D eigenvalue weighted by Gasteiger charge is 2.29. The fourth-order valence-corrected chi connectivity index (χ4v) is 4.49. The number of rotatable bonds is 8. The second-order valence-corrected chi connectivity index (χ2v) is 8.48. The molecule has 0 unspecified atom stereocenters. The normalized spacial score (nSPS) is 13.8. The zero-order chi connectivity index (χ0) is 20.0. The van der Waals surface area contributed by atoms with Gasteiger partial charge in [0.1, 0.15) is 7.85 Å². The Morgan fingerprint density at radius 3 is 1.79 bits per heavy atom. The highest BCUT2D eigenvalue weighted by Crippen LogP contribution is 2.30. The van der Waals surface area contributed by atoms with E-state index >= 15 is 0 Å². The van der Waals surface area contributed by atoms with Crippen LogP contribution in [0.1, 0.15) is 28.8 Å². The van der Waals surface area contributed by atoms with Crippen molar-refractivity contribution in [2.75, 3.05) is 6.44 Å². The van der Waals surface area contributed by atoms with E-state index in [1.165, 1.54) is 0 Å². The maximum Gasteiger partial charge on any atom is 0.241 e. The van der Waals surface area contributed by atoms with Crippen LogP contribution in [0.5, 0.6) is 0 Å². The van der Waals surface area contributed by atoms with Crippen molar-refractivity contribution in [2.45, 2.75) is 23.9 Å². The molecule has 0 aliphatic heterocycles. The summed E-state index contributed by atoms with van der Waals surface area (Å²) < 4.78 is 29.2. The van der Waals surface area contributed by atoms with Crippen molar-refractivity contribution >= 4 is 17.9 Å². The Kier molecular flexibility index (Phi) is 6.67. The van der Waals surface area contributed by atoms with E-state index in [2.05, 4.69) is 10.0 Å². The summed E-state index contributed by atoms with van der Waals surface area (Å²) in [4.78, 5) is 0.266. The third-order valence-corrected chi connectivity index (χ3v) is 6.15. The third-order valence-electron chi connectivity index (χ3n) is 4.69. The molecule has 2 N–H and O–H groups in total. The second-order valence-electron chi connectivity index (χ2n) is 6.77. The van der Waals surface area contributed by atoms with E-state index in [-0.39, 0.29) is 10.9 Å². The van der Waals surface area contributed by atoms with Crippen molar-refractivity contribution in [3.8, 4) is 0 Å². The number of nitrogens with one attached hydrogen (secondary N) is 2. The van der Waals surface area contributed by atoms with Crippen molar-refractivity contribution in [1.82, 2.24) is 10.0 Å². The molecule has 0 saturated carbocycles. The minimum Gasteiger partial charge on any atom is -0.316 e. The maximum absolute atomic E-state index is 13.1. The van der Waals surface area contributed by atoms with Gasteiger partial charge in [-0.2, -0.15) is 0 Å². The van der Waals surface area contributed by atoms with Crippen LogP contribution in [0.4, 0.5) is 0 Å². The number of hydrogen-bond donors (Lipinski definition) is 2. The molecule has 0 aromatic heterocycles. The minimum absolute atomic E-state index is 0.200. The van der Waals surface area contributed by atoms with Crippen molar-refractivity contribution < 1.29 is 8.42 Å². The first-order chi connectivity index (χ1) is 13.5. The summed E-state index contributed by atoms with van der Waals surface area (Å²) in [5, 5.41) is 3.45. The summed E-state index contributed by atoms with van der Waals surface area (Å²) >= 11 is 0. The molecule has 3 aromatic rings. The smallest absolute Gasteiger partial charge is 0.241 e. The van der Waals surface area contributed by atoms with E-state index in [0.29, 0.717) is 0 Å². The van der Waals surface area contributed by atoms with Crippen LogP contribution < -0.4 is 10.0 Å². The first kappa shape index (κ1) is 20.3.